The Labute approximate surface area is 178 Å². The van der Waals surface area contributed by atoms with Crippen LogP contribution in [-0.2, 0) is 6.61 Å². The fourth-order valence-electron chi connectivity index (χ4n) is 4.39. The number of ether oxygens (including phenoxy) is 3. The molecule has 160 valence electrons. The maximum Gasteiger partial charge on any atom is 0.203 e. The van der Waals surface area contributed by atoms with Gasteiger partial charge in [0, 0.05) is 31.1 Å². The third-order valence-electron chi connectivity index (χ3n) is 5.92. The smallest absolute Gasteiger partial charge is 0.203 e. The van der Waals surface area contributed by atoms with E-state index in [9.17, 15) is 0 Å². The Hall–Kier alpha value is -2.73. The average molecular weight is 410 g/mol. The summed E-state index contributed by atoms with van der Waals surface area (Å²) in [5.41, 5.74) is 6.85. The zero-order chi connectivity index (χ0) is 20.9. The van der Waals surface area contributed by atoms with Gasteiger partial charge in [-0.3, -0.25) is 0 Å². The molecule has 2 unspecified atom stereocenters. The molecule has 0 amide bonds. The van der Waals surface area contributed by atoms with E-state index in [4.69, 9.17) is 14.2 Å². The quantitative estimate of drug-likeness (QED) is 0.714. The molecule has 2 aromatic carbocycles. The van der Waals surface area contributed by atoms with Crippen LogP contribution in [0.15, 0.2) is 47.6 Å². The van der Waals surface area contributed by atoms with Crippen LogP contribution in [0.5, 0.6) is 17.2 Å². The molecule has 0 saturated carbocycles. The van der Waals surface area contributed by atoms with Gasteiger partial charge in [0.15, 0.2) is 11.5 Å². The first-order chi connectivity index (χ1) is 14.7. The molecule has 0 aromatic heterocycles. The van der Waals surface area contributed by atoms with Crippen molar-refractivity contribution in [3.8, 4) is 17.2 Å². The lowest BCUT2D eigenvalue weighted by Crippen LogP contribution is -2.42. The summed E-state index contributed by atoms with van der Waals surface area (Å²) in [4.78, 5) is 2.54. The minimum atomic E-state index is 0.116. The van der Waals surface area contributed by atoms with Crippen molar-refractivity contribution in [3.05, 3.63) is 53.6 Å². The van der Waals surface area contributed by atoms with Gasteiger partial charge in [-0.1, -0.05) is 37.3 Å². The van der Waals surface area contributed by atoms with E-state index in [0.717, 1.165) is 37.2 Å². The highest BCUT2D eigenvalue weighted by atomic mass is 16.5. The van der Waals surface area contributed by atoms with Crippen LogP contribution in [0.4, 0.5) is 0 Å². The molecule has 6 nitrogen and oxygen atoms in total. The van der Waals surface area contributed by atoms with Crippen molar-refractivity contribution in [1.29, 1.82) is 0 Å². The molecule has 0 aliphatic carbocycles. The Kier molecular flexibility index (Phi) is 6.43. The van der Waals surface area contributed by atoms with Crippen LogP contribution in [0.2, 0.25) is 0 Å². The zero-order valence-corrected chi connectivity index (χ0v) is 18.1. The Bertz CT molecular complexity index is 860. The topological polar surface area (TPSA) is 55.3 Å². The summed E-state index contributed by atoms with van der Waals surface area (Å²) in [5, 5.41) is 4.65. The van der Waals surface area contributed by atoms with Crippen LogP contribution >= 0.6 is 0 Å². The normalized spacial score (nSPS) is 20.8. The SMILES string of the molecule is CCCN1CCC2=NNC(c3cc(OC)c(OCc4ccccc4)c(OC)c3)C2C1. The van der Waals surface area contributed by atoms with Crippen molar-refractivity contribution in [3.63, 3.8) is 0 Å². The number of methoxy groups -OCH3 is 2. The zero-order valence-electron chi connectivity index (χ0n) is 18.1. The minimum absolute atomic E-state index is 0.116. The molecule has 2 aliphatic rings. The standard InChI is InChI=1S/C24H31N3O3/c1-4-11-27-12-10-20-19(15-27)23(26-25-20)18-13-21(28-2)24(22(14-18)29-3)30-16-17-8-6-5-7-9-17/h5-9,13-14,19,23,26H,4,10-12,15-16H2,1-3H3. The first-order valence-corrected chi connectivity index (χ1v) is 10.7. The molecule has 2 heterocycles. The van der Waals surface area contributed by atoms with E-state index >= 15 is 0 Å². The van der Waals surface area contributed by atoms with Gasteiger partial charge in [0.25, 0.3) is 0 Å². The molecular weight excluding hydrogens is 378 g/mol. The highest BCUT2D eigenvalue weighted by molar-refractivity contribution is 5.90. The van der Waals surface area contributed by atoms with Gasteiger partial charge in [-0.15, -0.1) is 0 Å². The van der Waals surface area contributed by atoms with Crippen molar-refractivity contribution < 1.29 is 14.2 Å². The largest absolute Gasteiger partial charge is 0.493 e. The third-order valence-corrected chi connectivity index (χ3v) is 5.92. The second-order valence-electron chi connectivity index (χ2n) is 7.90. The Morgan fingerprint density at radius 3 is 2.50 bits per heavy atom. The Balaban J connectivity index is 1.57. The van der Waals surface area contributed by atoms with Gasteiger partial charge in [-0.25, -0.2) is 0 Å². The number of hydrogen-bond donors (Lipinski definition) is 1. The van der Waals surface area contributed by atoms with Crippen LogP contribution in [0.25, 0.3) is 0 Å². The van der Waals surface area contributed by atoms with E-state index in [2.05, 4.69) is 34.5 Å². The molecule has 4 rings (SSSR count). The molecule has 0 radical (unpaired) electrons. The Morgan fingerprint density at radius 1 is 1.10 bits per heavy atom. The molecule has 6 heteroatoms. The maximum atomic E-state index is 6.10. The number of piperidine rings is 1. The summed E-state index contributed by atoms with van der Waals surface area (Å²) in [6.07, 6.45) is 2.20. The van der Waals surface area contributed by atoms with E-state index in [1.807, 2.05) is 30.3 Å². The summed E-state index contributed by atoms with van der Waals surface area (Å²) in [6.45, 7) is 5.95. The number of fused-ring (bicyclic) bond motifs is 1. The van der Waals surface area contributed by atoms with Gasteiger partial charge in [-0.2, -0.15) is 5.10 Å². The van der Waals surface area contributed by atoms with Crippen LogP contribution in [0.3, 0.4) is 0 Å². The van der Waals surface area contributed by atoms with Gasteiger partial charge in [0.05, 0.1) is 20.3 Å². The molecule has 1 fully saturated rings. The summed E-state index contributed by atoms with van der Waals surface area (Å²) in [5.74, 6) is 2.35. The van der Waals surface area contributed by atoms with E-state index < -0.39 is 0 Å². The summed E-state index contributed by atoms with van der Waals surface area (Å²) < 4.78 is 17.5. The lowest BCUT2D eigenvalue weighted by Gasteiger charge is -2.33. The molecule has 0 spiro atoms. The summed E-state index contributed by atoms with van der Waals surface area (Å²) in [7, 11) is 3.34. The van der Waals surface area contributed by atoms with Crippen molar-refractivity contribution in [2.45, 2.75) is 32.4 Å². The fourth-order valence-corrected chi connectivity index (χ4v) is 4.39. The van der Waals surface area contributed by atoms with Gasteiger partial charge in [0.1, 0.15) is 6.61 Å². The summed E-state index contributed by atoms with van der Waals surface area (Å²) >= 11 is 0. The molecule has 2 aromatic rings. The lowest BCUT2D eigenvalue weighted by molar-refractivity contribution is 0.227. The predicted octanol–water partition coefficient (Wildman–Crippen LogP) is 4.02. The summed E-state index contributed by atoms with van der Waals surface area (Å²) in [6, 6.07) is 14.3. The molecule has 0 bridgehead atoms. The molecular formula is C24H31N3O3. The van der Waals surface area contributed by atoms with Gasteiger partial charge >= 0.3 is 0 Å². The number of rotatable bonds is 8. The number of benzene rings is 2. The van der Waals surface area contributed by atoms with E-state index in [-0.39, 0.29) is 6.04 Å². The minimum Gasteiger partial charge on any atom is -0.493 e. The second-order valence-corrected chi connectivity index (χ2v) is 7.90. The Morgan fingerprint density at radius 2 is 1.83 bits per heavy atom. The molecule has 30 heavy (non-hydrogen) atoms. The van der Waals surface area contributed by atoms with Crippen molar-refractivity contribution in [1.82, 2.24) is 10.3 Å². The van der Waals surface area contributed by atoms with Gasteiger partial charge in [-0.05, 0) is 36.2 Å². The van der Waals surface area contributed by atoms with Crippen molar-refractivity contribution in [2.75, 3.05) is 33.9 Å². The number of hydrazone groups is 1. The monoisotopic (exact) mass is 409 g/mol. The van der Waals surface area contributed by atoms with Gasteiger partial charge in [0.2, 0.25) is 5.75 Å². The number of nitrogens with zero attached hydrogens (tertiary/aromatic N) is 2. The molecule has 1 N–H and O–H groups in total. The first-order valence-electron chi connectivity index (χ1n) is 10.7. The van der Waals surface area contributed by atoms with Crippen LogP contribution < -0.4 is 19.6 Å². The highest BCUT2D eigenvalue weighted by Gasteiger charge is 2.37. The number of hydrogen-bond acceptors (Lipinski definition) is 6. The van der Waals surface area contributed by atoms with E-state index in [0.29, 0.717) is 29.8 Å². The first kappa shape index (κ1) is 20.5. The van der Waals surface area contributed by atoms with Crippen LogP contribution in [-0.4, -0.2) is 44.5 Å². The average Bonchev–Trinajstić information content (AvgIpc) is 3.21. The third kappa shape index (κ3) is 4.24. The van der Waals surface area contributed by atoms with Crippen molar-refractivity contribution >= 4 is 5.71 Å². The number of nitrogens with one attached hydrogen (secondary N) is 1. The van der Waals surface area contributed by atoms with Crippen LogP contribution in [0.1, 0.15) is 36.9 Å². The predicted molar refractivity (Wildman–Crippen MR) is 118 cm³/mol. The molecule has 2 aliphatic heterocycles. The molecule has 1 saturated heterocycles. The maximum absolute atomic E-state index is 6.10. The lowest BCUT2D eigenvalue weighted by atomic mass is 9.86. The highest BCUT2D eigenvalue weighted by Crippen LogP contribution is 2.43. The fraction of sp³-hybridized carbons (Fsp3) is 0.458. The van der Waals surface area contributed by atoms with Crippen LogP contribution in [0, 0.1) is 5.92 Å². The number of likely N-dealkylation sites (tertiary alicyclic amines) is 1. The van der Waals surface area contributed by atoms with E-state index in [1.54, 1.807) is 14.2 Å². The van der Waals surface area contributed by atoms with Gasteiger partial charge < -0.3 is 24.5 Å². The second kappa shape index (κ2) is 9.39. The van der Waals surface area contributed by atoms with Crippen molar-refractivity contribution in [2.24, 2.45) is 11.0 Å². The molecule has 2 atom stereocenters. The van der Waals surface area contributed by atoms with E-state index in [1.165, 1.54) is 12.1 Å².